The molecular weight excluding hydrogens is 352 g/mol. The third-order valence-electron chi connectivity index (χ3n) is 5.33. The molecule has 7 heteroatoms. The molecule has 28 heavy (non-hydrogen) atoms. The highest BCUT2D eigenvalue weighted by molar-refractivity contribution is 5.87. The SMILES string of the molecule is CC(C)(C(=O)N1CCN(c2nnnn2-c2ccccc2)CC1)c1ccccc1. The molecule has 2 heterocycles. The van der Waals surface area contributed by atoms with Crippen molar-refractivity contribution < 1.29 is 4.79 Å². The molecule has 0 aliphatic carbocycles. The first kappa shape index (κ1) is 18.2. The number of benzene rings is 2. The predicted molar refractivity (Wildman–Crippen MR) is 107 cm³/mol. The van der Waals surface area contributed by atoms with Crippen molar-refractivity contribution in [2.45, 2.75) is 19.3 Å². The van der Waals surface area contributed by atoms with Crippen LogP contribution in [0.5, 0.6) is 0 Å². The molecule has 1 saturated heterocycles. The lowest BCUT2D eigenvalue weighted by atomic mass is 9.83. The molecule has 2 aromatic carbocycles. The maximum atomic E-state index is 13.2. The Hall–Kier alpha value is -3.22. The van der Waals surface area contributed by atoms with Crippen LogP contribution in [0.15, 0.2) is 60.7 Å². The molecule has 1 amide bonds. The van der Waals surface area contributed by atoms with Gasteiger partial charge >= 0.3 is 0 Å². The quantitative estimate of drug-likeness (QED) is 0.699. The fourth-order valence-corrected chi connectivity index (χ4v) is 3.60. The van der Waals surface area contributed by atoms with Crippen LogP contribution in [0.2, 0.25) is 0 Å². The predicted octanol–water partition coefficient (Wildman–Crippen LogP) is 2.29. The lowest BCUT2D eigenvalue weighted by Crippen LogP contribution is -2.53. The van der Waals surface area contributed by atoms with E-state index in [0.717, 1.165) is 11.3 Å². The zero-order chi connectivity index (χ0) is 19.6. The van der Waals surface area contributed by atoms with Crippen molar-refractivity contribution in [3.63, 3.8) is 0 Å². The standard InChI is InChI=1S/C21H24N6O/c1-21(2,17-9-5-3-6-10-17)19(28)25-13-15-26(16-14-25)20-22-23-24-27(20)18-11-7-4-8-12-18/h3-12H,13-16H2,1-2H3. The Morgan fingerprint density at radius 2 is 1.50 bits per heavy atom. The van der Waals surface area contributed by atoms with E-state index in [1.807, 2.05) is 79.4 Å². The van der Waals surface area contributed by atoms with E-state index in [1.165, 1.54) is 0 Å². The molecule has 3 aromatic rings. The molecule has 0 unspecified atom stereocenters. The Kier molecular flexibility index (Phi) is 4.81. The maximum absolute atomic E-state index is 13.2. The van der Waals surface area contributed by atoms with Gasteiger partial charge in [0.05, 0.1) is 11.1 Å². The summed E-state index contributed by atoms with van der Waals surface area (Å²) in [5.74, 6) is 0.863. The molecule has 7 nitrogen and oxygen atoms in total. The van der Waals surface area contributed by atoms with Crippen molar-refractivity contribution in [1.82, 2.24) is 25.1 Å². The highest BCUT2D eigenvalue weighted by atomic mass is 16.2. The molecule has 4 rings (SSSR count). The van der Waals surface area contributed by atoms with Gasteiger partial charge in [-0.05, 0) is 42.0 Å². The number of tetrazole rings is 1. The highest BCUT2D eigenvalue weighted by Gasteiger charge is 2.35. The van der Waals surface area contributed by atoms with E-state index >= 15 is 0 Å². The summed E-state index contributed by atoms with van der Waals surface area (Å²) < 4.78 is 1.74. The number of hydrogen-bond acceptors (Lipinski definition) is 5. The number of anilines is 1. The second kappa shape index (κ2) is 7.42. The zero-order valence-electron chi connectivity index (χ0n) is 16.2. The van der Waals surface area contributed by atoms with Crippen LogP contribution in [0.1, 0.15) is 19.4 Å². The largest absolute Gasteiger partial charge is 0.338 e. The van der Waals surface area contributed by atoms with E-state index in [9.17, 15) is 4.79 Å². The van der Waals surface area contributed by atoms with E-state index in [0.29, 0.717) is 32.1 Å². The van der Waals surface area contributed by atoms with Crippen LogP contribution in [0.3, 0.4) is 0 Å². The van der Waals surface area contributed by atoms with Gasteiger partial charge in [-0.15, -0.1) is 0 Å². The van der Waals surface area contributed by atoms with Gasteiger partial charge in [0.15, 0.2) is 0 Å². The first-order chi connectivity index (χ1) is 13.6. The second-order valence-corrected chi connectivity index (χ2v) is 7.50. The summed E-state index contributed by atoms with van der Waals surface area (Å²) in [4.78, 5) is 17.2. The van der Waals surface area contributed by atoms with Crippen molar-refractivity contribution in [2.75, 3.05) is 31.1 Å². The number of piperazine rings is 1. The molecule has 0 atom stereocenters. The first-order valence-electron chi connectivity index (χ1n) is 9.51. The Morgan fingerprint density at radius 1 is 0.893 bits per heavy atom. The van der Waals surface area contributed by atoms with Crippen LogP contribution in [-0.2, 0) is 10.2 Å². The molecule has 0 saturated carbocycles. The van der Waals surface area contributed by atoms with Crippen molar-refractivity contribution >= 4 is 11.9 Å². The summed E-state index contributed by atoms with van der Waals surface area (Å²) in [5, 5.41) is 12.2. The maximum Gasteiger partial charge on any atom is 0.250 e. The average Bonchev–Trinajstić information content (AvgIpc) is 3.24. The van der Waals surface area contributed by atoms with Gasteiger partial charge in [-0.25, -0.2) is 0 Å². The summed E-state index contributed by atoms with van der Waals surface area (Å²) in [5.41, 5.74) is 1.41. The smallest absolute Gasteiger partial charge is 0.250 e. The van der Waals surface area contributed by atoms with Crippen molar-refractivity contribution in [1.29, 1.82) is 0 Å². The number of aromatic nitrogens is 4. The highest BCUT2D eigenvalue weighted by Crippen LogP contribution is 2.26. The molecule has 0 N–H and O–H groups in total. The summed E-state index contributed by atoms with van der Waals surface area (Å²) >= 11 is 0. The van der Waals surface area contributed by atoms with Crippen LogP contribution >= 0.6 is 0 Å². The minimum absolute atomic E-state index is 0.154. The fourth-order valence-electron chi connectivity index (χ4n) is 3.60. The Labute approximate surface area is 164 Å². The van der Waals surface area contributed by atoms with Crippen molar-refractivity contribution in [3.05, 3.63) is 66.2 Å². The lowest BCUT2D eigenvalue weighted by Gasteiger charge is -2.38. The number of nitrogens with zero attached hydrogens (tertiary/aromatic N) is 6. The van der Waals surface area contributed by atoms with Crippen LogP contribution in [0, 0.1) is 0 Å². The topological polar surface area (TPSA) is 67.2 Å². The first-order valence-corrected chi connectivity index (χ1v) is 9.51. The van der Waals surface area contributed by atoms with Gasteiger partial charge in [-0.1, -0.05) is 53.6 Å². The molecule has 1 aliphatic rings. The van der Waals surface area contributed by atoms with Crippen LogP contribution in [0.4, 0.5) is 5.95 Å². The monoisotopic (exact) mass is 376 g/mol. The van der Waals surface area contributed by atoms with E-state index in [1.54, 1.807) is 4.68 Å². The van der Waals surface area contributed by atoms with Crippen LogP contribution < -0.4 is 4.90 Å². The third kappa shape index (κ3) is 3.35. The minimum atomic E-state index is -0.547. The lowest BCUT2D eigenvalue weighted by molar-refractivity contribution is -0.136. The average molecular weight is 376 g/mol. The Morgan fingerprint density at radius 3 is 2.14 bits per heavy atom. The molecule has 0 bridgehead atoms. The third-order valence-corrected chi connectivity index (χ3v) is 5.33. The van der Waals surface area contributed by atoms with Crippen molar-refractivity contribution in [3.8, 4) is 5.69 Å². The Balaban J connectivity index is 1.46. The van der Waals surface area contributed by atoms with Gasteiger partial charge < -0.3 is 9.80 Å². The van der Waals surface area contributed by atoms with Gasteiger partial charge in [0.2, 0.25) is 11.9 Å². The Bertz CT molecular complexity index is 930. The number of amides is 1. The van der Waals surface area contributed by atoms with Gasteiger partial charge in [0.25, 0.3) is 0 Å². The summed E-state index contributed by atoms with van der Waals surface area (Å²) in [7, 11) is 0. The summed E-state index contributed by atoms with van der Waals surface area (Å²) in [6.07, 6.45) is 0. The second-order valence-electron chi connectivity index (χ2n) is 7.50. The van der Waals surface area contributed by atoms with Crippen LogP contribution in [0.25, 0.3) is 5.69 Å². The normalized spacial score (nSPS) is 14.9. The minimum Gasteiger partial charge on any atom is -0.338 e. The molecule has 1 aliphatic heterocycles. The molecular formula is C21H24N6O. The van der Waals surface area contributed by atoms with Crippen molar-refractivity contribution in [2.24, 2.45) is 0 Å². The van der Waals surface area contributed by atoms with Gasteiger partial charge in [0.1, 0.15) is 0 Å². The number of hydrogen-bond donors (Lipinski definition) is 0. The number of carbonyl (C=O) groups excluding carboxylic acids is 1. The zero-order valence-corrected chi connectivity index (χ0v) is 16.2. The molecule has 1 aromatic heterocycles. The molecule has 144 valence electrons. The van der Waals surface area contributed by atoms with Gasteiger partial charge in [-0.2, -0.15) is 4.68 Å². The van der Waals surface area contributed by atoms with E-state index in [2.05, 4.69) is 20.4 Å². The van der Waals surface area contributed by atoms with Crippen LogP contribution in [-0.4, -0.2) is 57.2 Å². The number of para-hydroxylation sites is 1. The summed E-state index contributed by atoms with van der Waals surface area (Å²) in [6, 6.07) is 19.8. The van der Waals surface area contributed by atoms with Gasteiger partial charge in [0, 0.05) is 26.2 Å². The number of rotatable bonds is 4. The van der Waals surface area contributed by atoms with Gasteiger partial charge in [-0.3, -0.25) is 4.79 Å². The fraction of sp³-hybridized carbons (Fsp3) is 0.333. The van der Waals surface area contributed by atoms with E-state index < -0.39 is 5.41 Å². The summed E-state index contributed by atoms with van der Waals surface area (Å²) in [6.45, 7) is 6.68. The number of carbonyl (C=O) groups is 1. The van der Waals surface area contributed by atoms with E-state index in [-0.39, 0.29) is 5.91 Å². The molecule has 0 spiro atoms. The molecule has 0 radical (unpaired) electrons. The van der Waals surface area contributed by atoms with E-state index in [4.69, 9.17) is 0 Å². The molecule has 1 fully saturated rings.